The molecule has 2 aromatic rings. The first-order valence-corrected chi connectivity index (χ1v) is 7.95. The summed E-state index contributed by atoms with van der Waals surface area (Å²) in [6, 6.07) is 3.22. The van der Waals surface area contributed by atoms with Crippen LogP contribution < -0.4 is 14.2 Å². The van der Waals surface area contributed by atoms with Crippen LogP contribution in [0.15, 0.2) is 49.2 Å². The lowest BCUT2D eigenvalue weighted by molar-refractivity contribution is 0.103. The molecule has 0 radical (unpaired) electrons. The lowest BCUT2D eigenvalue weighted by Crippen LogP contribution is -2.04. The SMILES string of the molecule is C=C/C=C(\C=C/C)c1ncc(C(=O)c2cc(OC)c(OC)c(OC)c2)[nH]1. The molecule has 6 heteroatoms. The number of ether oxygens (including phenoxy) is 3. The second-order valence-electron chi connectivity index (χ2n) is 5.25. The number of nitrogens with one attached hydrogen (secondary N) is 1. The summed E-state index contributed by atoms with van der Waals surface area (Å²) in [4.78, 5) is 20.2. The van der Waals surface area contributed by atoms with Crippen molar-refractivity contribution in [3.8, 4) is 17.2 Å². The quantitative estimate of drug-likeness (QED) is 0.576. The summed E-state index contributed by atoms with van der Waals surface area (Å²) in [5, 5.41) is 0. The Morgan fingerprint density at radius 3 is 2.31 bits per heavy atom. The average molecular weight is 354 g/mol. The van der Waals surface area contributed by atoms with E-state index in [0.717, 1.165) is 5.57 Å². The Labute approximate surface area is 152 Å². The van der Waals surface area contributed by atoms with E-state index in [1.165, 1.54) is 27.5 Å². The zero-order valence-corrected chi connectivity index (χ0v) is 15.3. The van der Waals surface area contributed by atoms with Crippen molar-refractivity contribution >= 4 is 11.4 Å². The van der Waals surface area contributed by atoms with Crippen LogP contribution in [0.3, 0.4) is 0 Å². The molecule has 0 aliphatic rings. The highest BCUT2D eigenvalue weighted by atomic mass is 16.5. The third-order valence-electron chi connectivity index (χ3n) is 3.66. The molecule has 2 rings (SSSR count). The van der Waals surface area contributed by atoms with E-state index < -0.39 is 0 Å². The van der Waals surface area contributed by atoms with Gasteiger partial charge < -0.3 is 19.2 Å². The summed E-state index contributed by atoms with van der Waals surface area (Å²) in [5.41, 5.74) is 1.58. The molecule has 6 nitrogen and oxygen atoms in total. The van der Waals surface area contributed by atoms with Crippen LogP contribution in [-0.2, 0) is 0 Å². The molecule has 0 unspecified atom stereocenters. The van der Waals surface area contributed by atoms with Gasteiger partial charge in [-0.25, -0.2) is 4.98 Å². The van der Waals surface area contributed by atoms with Gasteiger partial charge in [0.1, 0.15) is 11.5 Å². The number of aromatic nitrogens is 2. The van der Waals surface area contributed by atoms with Crippen molar-refractivity contribution in [1.82, 2.24) is 9.97 Å². The average Bonchev–Trinajstić information content (AvgIpc) is 3.15. The third-order valence-corrected chi connectivity index (χ3v) is 3.66. The van der Waals surface area contributed by atoms with Gasteiger partial charge in [0.2, 0.25) is 11.5 Å². The molecule has 1 heterocycles. The van der Waals surface area contributed by atoms with Crippen molar-refractivity contribution in [1.29, 1.82) is 0 Å². The summed E-state index contributed by atoms with van der Waals surface area (Å²) >= 11 is 0. The van der Waals surface area contributed by atoms with Crippen LogP contribution in [0.2, 0.25) is 0 Å². The Morgan fingerprint density at radius 1 is 1.15 bits per heavy atom. The van der Waals surface area contributed by atoms with Gasteiger partial charge in [-0.1, -0.05) is 30.9 Å². The standard InChI is InChI=1S/C20H22N2O4/c1-6-8-13(9-7-2)20-21-12-15(22-20)18(23)14-10-16(24-3)19(26-5)17(11-14)25-4/h6-12H,1H2,2-5H3,(H,21,22)/b9-7-,13-8+. The van der Waals surface area contributed by atoms with Gasteiger partial charge in [-0.2, -0.15) is 0 Å². The van der Waals surface area contributed by atoms with Crippen LogP contribution >= 0.6 is 0 Å². The van der Waals surface area contributed by atoms with Crippen molar-refractivity contribution in [3.63, 3.8) is 0 Å². The summed E-state index contributed by atoms with van der Waals surface area (Å²) in [7, 11) is 4.52. The molecule has 0 aliphatic heterocycles. The Hall–Kier alpha value is -3.28. The van der Waals surface area contributed by atoms with Gasteiger partial charge in [0.05, 0.1) is 27.5 Å². The highest BCUT2D eigenvalue weighted by Crippen LogP contribution is 2.38. The van der Waals surface area contributed by atoms with Gasteiger partial charge in [-0.3, -0.25) is 4.79 Å². The number of nitrogens with zero attached hydrogens (tertiary/aromatic N) is 1. The number of imidazole rings is 1. The summed E-state index contributed by atoms with van der Waals surface area (Å²) in [6.45, 7) is 5.60. The fourth-order valence-corrected chi connectivity index (χ4v) is 2.47. The molecule has 0 spiro atoms. The summed E-state index contributed by atoms with van der Waals surface area (Å²) < 4.78 is 15.9. The van der Waals surface area contributed by atoms with Crippen molar-refractivity contribution in [2.75, 3.05) is 21.3 Å². The van der Waals surface area contributed by atoms with E-state index in [1.54, 1.807) is 18.2 Å². The lowest BCUT2D eigenvalue weighted by atomic mass is 10.1. The maximum atomic E-state index is 12.9. The van der Waals surface area contributed by atoms with Gasteiger partial charge in [-0.05, 0) is 19.1 Å². The molecule has 0 bridgehead atoms. The highest BCUT2D eigenvalue weighted by Gasteiger charge is 2.19. The molecule has 0 saturated heterocycles. The van der Waals surface area contributed by atoms with E-state index in [2.05, 4.69) is 16.5 Å². The first-order valence-electron chi connectivity index (χ1n) is 7.95. The summed E-state index contributed by atoms with van der Waals surface area (Å²) in [5.74, 6) is 1.61. The fraction of sp³-hybridized carbons (Fsp3) is 0.200. The number of methoxy groups -OCH3 is 3. The maximum absolute atomic E-state index is 12.9. The van der Waals surface area contributed by atoms with E-state index in [4.69, 9.17) is 14.2 Å². The first-order chi connectivity index (χ1) is 12.6. The Kier molecular flexibility index (Phi) is 6.38. The van der Waals surface area contributed by atoms with Crippen molar-refractivity contribution < 1.29 is 19.0 Å². The molecule has 26 heavy (non-hydrogen) atoms. The van der Waals surface area contributed by atoms with Gasteiger partial charge in [0.15, 0.2) is 11.5 Å². The first kappa shape index (κ1) is 19.1. The zero-order chi connectivity index (χ0) is 19.1. The predicted molar refractivity (Wildman–Crippen MR) is 101 cm³/mol. The molecule has 0 amide bonds. The van der Waals surface area contributed by atoms with Crippen LogP contribution in [0.4, 0.5) is 0 Å². The second kappa shape index (κ2) is 8.71. The molecular weight excluding hydrogens is 332 g/mol. The fourth-order valence-electron chi connectivity index (χ4n) is 2.47. The normalized spacial score (nSPS) is 11.5. The summed E-state index contributed by atoms with van der Waals surface area (Å²) in [6.07, 6.45) is 8.75. The molecular formula is C20H22N2O4. The Bertz CT molecular complexity index is 837. The molecule has 1 aromatic carbocycles. The van der Waals surface area contributed by atoms with Crippen LogP contribution in [0.25, 0.3) is 5.57 Å². The minimum Gasteiger partial charge on any atom is -0.493 e. The number of hydrogen-bond donors (Lipinski definition) is 1. The molecule has 1 N–H and O–H groups in total. The Balaban J connectivity index is 2.44. The Morgan fingerprint density at radius 2 is 1.81 bits per heavy atom. The molecule has 0 atom stereocenters. The number of rotatable bonds is 8. The van der Waals surface area contributed by atoms with E-state index in [0.29, 0.717) is 34.3 Å². The zero-order valence-electron chi connectivity index (χ0n) is 15.3. The number of carbonyl (C=O) groups excluding carboxylic acids is 1. The van der Waals surface area contributed by atoms with Crippen LogP contribution in [-0.4, -0.2) is 37.1 Å². The largest absolute Gasteiger partial charge is 0.493 e. The van der Waals surface area contributed by atoms with Gasteiger partial charge >= 0.3 is 0 Å². The van der Waals surface area contributed by atoms with Crippen molar-refractivity contribution in [2.45, 2.75) is 6.92 Å². The number of benzene rings is 1. The number of allylic oxidation sites excluding steroid dienone is 5. The number of H-pyrrole nitrogens is 1. The van der Waals surface area contributed by atoms with Crippen LogP contribution in [0, 0.1) is 0 Å². The number of aromatic amines is 1. The van der Waals surface area contributed by atoms with E-state index in [-0.39, 0.29) is 5.78 Å². The van der Waals surface area contributed by atoms with Gasteiger partial charge in [-0.15, -0.1) is 0 Å². The number of hydrogen-bond acceptors (Lipinski definition) is 5. The smallest absolute Gasteiger partial charge is 0.211 e. The second-order valence-corrected chi connectivity index (χ2v) is 5.25. The highest BCUT2D eigenvalue weighted by molar-refractivity contribution is 6.08. The van der Waals surface area contributed by atoms with Crippen LogP contribution in [0.1, 0.15) is 28.8 Å². The van der Waals surface area contributed by atoms with E-state index in [9.17, 15) is 4.79 Å². The van der Waals surface area contributed by atoms with E-state index >= 15 is 0 Å². The number of ketones is 1. The predicted octanol–water partition coefficient (Wildman–Crippen LogP) is 3.81. The molecule has 0 fully saturated rings. The molecule has 0 aliphatic carbocycles. The minimum absolute atomic E-state index is 0.235. The van der Waals surface area contributed by atoms with Crippen LogP contribution in [0.5, 0.6) is 17.2 Å². The maximum Gasteiger partial charge on any atom is 0.211 e. The number of carbonyl (C=O) groups is 1. The monoisotopic (exact) mass is 354 g/mol. The molecule has 136 valence electrons. The molecule has 0 saturated carbocycles. The van der Waals surface area contributed by atoms with Gasteiger partial charge in [0.25, 0.3) is 0 Å². The van der Waals surface area contributed by atoms with Crippen molar-refractivity contribution in [2.24, 2.45) is 0 Å². The van der Waals surface area contributed by atoms with E-state index in [1.807, 2.05) is 25.2 Å². The third kappa shape index (κ3) is 3.85. The van der Waals surface area contributed by atoms with Gasteiger partial charge in [0, 0.05) is 11.1 Å². The lowest BCUT2D eigenvalue weighted by Gasteiger charge is -2.13. The topological polar surface area (TPSA) is 73.4 Å². The van der Waals surface area contributed by atoms with Crippen molar-refractivity contribution in [3.05, 3.63) is 66.3 Å². The minimum atomic E-state index is -0.235. The molecule has 1 aromatic heterocycles.